The molecule has 16 heavy (non-hydrogen) atoms. The van der Waals surface area contributed by atoms with Crippen LogP contribution in [0, 0.1) is 5.92 Å². The van der Waals surface area contributed by atoms with Gasteiger partial charge in [-0.05, 0) is 29.0 Å². The standard InChI is InChI=1S/C16H20/c1-5-14(12-13(3)4)16(6-2)15-10-8-7-9-11-15/h5-11,13H,1-2,12H2,3-4H3/b16-14-. The Hall–Kier alpha value is -1.56. The number of rotatable bonds is 5. The maximum Gasteiger partial charge on any atom is -0.0158 e. The van der Waals surface area contributed by atoms with Crippen LogP contribution in [0.4, 0.5) is 0 Å². The predicted molar refractivity (Wildman–Crippen MR) is 73.2 cm³/mol. The molecule has 0 saturated heterocycles. The van der Waals surface area contributed by atoms with Crippen molar-refractivity contribution in [3.63, 3.8) is 0 Å². The van der Waals surface area contributed by atoms with Gasteiger partial charge in [0.2, 0.25) is 0 Å². The van der Waals surface area contributed by atoms with Crippen LogP contribution in [0.25, 0.3) is 5.57 Å². The summed E-state index contributed by atoms with van der Waals surface area (Å²) in [4.78, 5) is 0. The summed E-state index contributed by atoms with van der Waals surface area (Å²) in [6, 6.07) is 10.4. The van der Waals surface area contributed by atoms with E-state index in [2.05, 4.69) is 51.3 Å². The van der Waals surface area contributed by atoms with Crippen LogP contribution in [-0.2, 0) is 0 Å². The Balaban J connectivity index is 3.16. The second kappa shape index (κ2) is 6.12. The van der Waals surface area contributed by atoms with Gasteiger partial charge in [0.15, 0.2) is 0 Å². The molecule has 0 fully saturated rings. The molecule has 0 heterocycles. The van der Waals surface area contributed by atoms with Gasteiger partial charge in [0.1, 0.15) is 0 Å². The van der Waals surface area contributed by atoms with Crippen molar-refractivity contribution in [2.75, 3.05) is 0 Å². The molecular formula is C16H20. The Bertz CT molecular complexity index is 380. The van der Waals surface area contributed by atoms with Crippen LogP contribution in [0.3, 0.4) is 0 Å². The average molecular weight is 212 g/mol. The monoisotopic (exact) mass is 212 g/mol. The Morgan fingerprint density at radius 2 is 1.75 bits per heavy atom. The van der Waals surface area contributed by atoms with Gasteiger partial charge in [-0.15, -0.1) is 0 Å². The SMILES string of the molecule is C=C/C(CC(C)C)=C(\C=C)c1ccccc1. The Labute approximate surface area is 99.0 Å². The summed E-state index contributed by atoms with van der Waals surface area (Å²) in [7, 11) is 0. The summed E-state index contributed by atoms with van der Waals surface area (Å²) in [5.74, 6) is 0.631. The van der Waals surface area contributed by atoms with Gasteiger partial charge in [0.05, 0.1) is 0 Å². The molecule has 0 N–H and O–H groups in total. The molecule has 0 heteroatoms. The third-order valence-corrected chi connectivity index (χ3v) is 2.51. The number of benzene rings is 1. The van der Waals surface area contributed by atoms with Crippen molar-refractivity contribution in [3.05, 3.63) is 66.8 Å². The van der Waals surface area contributed by atoms with Crippen molar-refractivity contribution in [2.24, 2.45) is 5.92 Å². The van der Waals surface area contributed by atoms with Crippen molar-refractivity contribution >= 4 is 5.57 Å². The van der Waals surface area contributed by atoms with Crippen LogP contribution in [0.5, 0.6) is 0 Å². The van der Waals surface area contributed by atoms with E-state index in [4.69, 9.17) is 0 Å². The minimum Gasteiger partial charge on any atom is -0.0988 e. The van der Waals surface area contributed by atoms with Crippen LogP contribution < -0.4 is 0 Å². The smallest absolute Gasteiger partial charge is 0.0158 e. The lowest BCUT2D eigenvalue weighted by Crippen LogP contribution is -1.93. The average Bonchev–Trinajstić information content (AvgIpc) is 2.29. The number of hydrogen-bond donors (Lipinski definition) is 0. The lowest BCUT2D eigenvalue weighted by atomic mass is 9.94. The molecule has 0 bridgehead atoms. The van der Waals surface area contributed by atoms with Crippen molar-refractivity contribution in [2.45, 2.75) is 20.3 Å². The third-order valence-electron chi connectivity index (χ3n) is 2.51. The lowest BCUT2D eigenvalue weighted by Gasteiger charge is -2.11. The zero-order chi connectivity index (χ0) is 12.0. The van der Waals surface area contributed by atoms with E-state index in [9.17, 15) is 0 Å². The predicted octanol–water partition coefficient (Wildman–Crippen LogP) is 4.86. The van der Waals surface area contributed by atoms with Crippen molar-refractivity contribution in [1.82, 2.24) is 0 Å². The van der Waals surface area contributed by atoms with Gasteiger partial charge < -0.3 is 0 Å². The molecule has 0 unspecified atom stereocenters. The zero-order valence-electron chi connectivity index (χ0n) is 10.2. The van der Waals surface area contributed by atoms with Crippen molar-refractivity contribution in [3.8, 4) is 0 Å². The molecule has 0 nitrogen and oxygen atoms in total. The van der Waals surface area contributed by atoms with Gasteiger partial charge in [-0.3, -0.25) is 0 Å². The summed E-state index contributed by atoms with van der Waals surface area (Å²) in [5.41, 5.74) is 3.69. The van der Waals surface area contributed by atoms with E-state index in [1.54, 1.807) is 0 Å². The van der Waals surface area contributed by atoms with Crippen LogP contribution in [0.15, 0.2) is 61.2 Å². The summed E-state index contributed by atoms with van der Waals surface area (Å²) >= 11 is 0. The highest BCUT2D eigenvalue weighted by Crippen LogP contribution is 2.25. The first kappa shape index (κ1) is 12.5. The fourth-order valence-corrected chi connectivity index (χ4v) is 1.80. The summed E-state index contributed by atoms with van der Waals surface area (Å²) in [6.07, 6.45) is 4.92. The molecule has 0 radical (unpaired) electrons. The largest absolute Gasteiger partial charge is 0.0988 e. The minimum atomic E-state index is 0.631. The first-order valence-electron chi connectivity index (χ1n) is 5.72. The normalized spacial score (nSPS) is 12.2. The van der Waals surface area contributed by atoms with Gasteiger partial charge in [0, 0.05) is 0 Å². The molecule has 0 atom stereocenters. The van der Waals surface area contributed by atoms with E-state index in [0.29, 0.717) is 5.92 Å². The Kier molecular flexibility index (Phi) is 4.78. The van der Waals surface area contributed by atoms with E-state index in [1.165, 1.54) is 16.7 Å². The Morgan fingerprint density at radius 3 is 2.19 bits per heavy atom. The first-order valence-corrected chi connectivity index (χ1v) is 5.72. The molecule has 0 aliphatic heterocycles. The molecule has 0 aromatic heterocycles. The van der Waals surface area contributed by atoms with Crippen LogP contribution in [0.1, 0.15) is 25.8 Å². The van der Waals surface area contributed by atoms with Gasteiger partial charge >= 0.3 is 0 Å². The quantitative estimate of drug-likeness (QED) is 0.611. The minimum absolute atomic E-state index is 0.631. The van der Waals surface area contributed by atoms with Gasteiger partial charge in [-0.1, -0.05) is 69.5 Å². The van der Waals surface area contributed by atoms with Crippen LogP contribution >= 0.6 is 0 Å². The zero-order valence-corrected chi connectivity index (χ0v) is 10.2. The molecule has 0 aliphatic rings. The van der Waals surface area contributed by atoms with E-state index in [1.807, 2.05) is 18.2 Å². The molecule has 84 valence electrons. The molecule has 1 rings (SSSR count). The second-order valence-electron chi connectivity index (χ2n) is 4.31. The highest BCUT2D eigenvalue weighted by molar-refractivity contribution is 5.77. The number of allylic oxidation sites excluding steroid dienone is 4. The van der Waals surface area contributed by atoms with E-state index in [0.717, 1.165) is 6.42 Å². The summed E-state index contributed by atoms with van der Waals surface area (Å²) < 4.78 is 0. The maximum absolute atomic E-state index is 3.91. The van der Waals surface area contributed by atoms with Gasteiger partial charge in [-0.2, -0.15) is 0 Å². The molecule has 1 aromatic rings. The maximum atomic E-state index is 3.91. The molecule has 0 saturated carbocycles. The van der Waals surface area contributed by atoms with E-state index in [-0.39, 0.29) is 0 Å². The van der Waals surface area contributed by atoms with Gasteiger partial charge in [-0.25, -0.2) is 0 Å². The molecular weight excluding hydrogens is 192 g/mol. The first-order chi connectivity index (χ1) is 7.69. The summed E-state index contributed by atoms with van der Waals surface area (Å²) in [6.45, 7) is 12.2. The van der Waals surface area contributed by atoms with Crippen molar-refractivity contribution < 1.29 is 0 Å². The fourth-order valence-electron chi connectivity index (χ4n) is 1.80. The van der Waals surface area contributed by atoms with E-state index < -0.39 is 0 Å². The van der Waals surface area contributed by atoms with Crippen molar-refractivity contribution in [1.29, 1.82) is 0 Å². The van der Waals surface area contributed by atoms with E-state index >= 15 is 0 Å². The number of hydrogen-bond acceptors (Lipinski definition) is 0. The van der Waals surface area contributed by atoms with Gasteiger partial charge in [0.25, 0.3) is 0 Å². The fraction of sp³-hybridized carbons (Fsp3) is 0.250. The Morgan fingerprint density at radius 1 is 1.12 bits per heavy atom. The van der Waals surface area contributed by atoms with Crippen LogP contribution in [0.2, 0.25) is 0 Å². The lowest BCUT2D eigenvalue weighted by molar-refractivity contribution is 0.651. The third kappa shape index (κ3) is 3.23. The molecule has 0 amide bonds. The molecule has 0 spiro atoms. The highest BCUT2D eigenvalue weighted by atomic mass is 14.1. The molecule has 1 aromatic carbocycles. The van der Waals surface area contributed by atoms with Crippen LogP contribution in [-0.4, -0.2) is 0 Å². The topological polar surface area (TPSA) is 0 Å². The second-order valence-corrected chi connectivity index (χ2v) is 4.31. The highest BCUT2D eigenvalue weighted by Gasteiger charge is 2.05. The molecule has 0 aliphatic carbocycles. The summed E-state index contributed by atoms with van der Waals surface area (Å²) in [5, 5.41) is 0.